The molecule has 2 unspecified atom stereocenters. The largest absolute Gasteiger partial charge is 0.478 e. The van der Waals surface area contributed by atoms with E-state index in [1.807, 2.05) is 6.92 Å². The number of hydrogen-bond donors (Lipinski definition) is 2. The van der Waals surface area contributed by atoms with Gasteiger partial charge in [0.1, 0.15) is 5.56 Å². The van der Waals surface area contributed by atoms with Crippen molar-refractivity contribution in [2.75, 3.05) is 19.7 Å². The number of hydrogen-bond acceptors (Lipinski definition) is 5. The van der Waals surface area contributed by atoms with Crippen LogP contribution in [0.2, 0.25) is 0 Å². The molecule has 2 rings (SSSR count). The van der Waals surface area contributed by atoms with E-state index < -0.39 is 5.97 Å². The maximum Gasteiger partial charge on any atom is 0.339 e. The molecule has 0 amide bonds. The minimum absolute atomic E-state index is 0.00439. The van der Waals surface area contributed by atoms with Crippen LogP contribution in [0.5, 0.6) is 0 Å². The average molecular weight is 268 g/mol. The van der Waals surface area contributed by atoms with Gasteiger partial charge in [-0.3, -0.25) is 9.58 Å². The normalized spacial score (nSPS) is 22.4. The van der Waals surface area contributed by atoms with Crippen molar-refractivity contribution in [1.29, 1.82) is 0 Å². The maximum atomic E-state index is 11.1. The number of carboxylic acid groups (broad SMARTS) is 1. The quantitative estimate of drug-likeness (QED) is 0.776. The van der Waals surface area contributed by atoms with Crippen molar-refractivity contribution in [2.24, 2.45) is 12.8 Å². The van der Waals surface area contributed by atoms with Crippen molar-refractivity contribution in [1.82, 2.24) is 14.7 Å². The van der Waals surface area contributed by atoms with Gasteiger partial charge in [-0.2, -0.15) is 5.10 Å². The molecule has 1 aliphatic heterocycles. The number of nitrogens with two attached hydrogens (primary N) is 1. The summed E-state index contributed by atoms with van der Waals surface area (Å²) in [5.74, 6) is -0.944. The number of aromatic nitrogens is 2. The first kappa shape index (κ1) is 14.0. The van der Waals surface area contributed by atoms with Crippen LogP contribution in [0.4, 0.5) is 0 Å². The Morgan fingerprint density at radius 1 is 1.74 bits per heavy atom. The summed E-state index contributed by atoms with van der Waals surface area (Å²) < 4.78 is 7.20. The summed E-state index contributed by atoms with van der Waals surface area (Å²) in [7, 11) is 1.76. The molecule has 106 valence electrons. The number of aromatic carboxylic acids is 1. The van der Waals surface area contributed by atoms with Gasteiger partial charge in [0, 0.05) is 32.7 Å². The molecule has 3 N–H and O–H groups in total. The van der Waals surface area contributed by atoms with Crippen LogP contribution in [0.1, 0.15) is 23.0 Å². The van der Waals surface area contributed by atoms with Gasteiger partial charge in [0.15, 0.2) is 0 Å². The van der Waals surface area contributed by atoms with E-state index >= 15 is 0 Å². The molecule has 0 aromatic carbocycles. The summed E-state index contributed by atoms with van der Waals surface area (Å²) in [6, 6.07) is -0.0340. The van der Waals surface area contributed by atoms with Crippen LogP contribution >= 0.6 is 0 Å². The van der Waals surface area contributed by atoms with E-state index in [9.17, 15) is 4.79 Å². The fourth-order valence-electron chi connectivity index (χ4n) is 2.23. The number of aryl methyl sites for hydroxylation is 1. The number of rotatable bonds is 4. The van der Waals surface area contributed by atoms with E-state index in [4.69, 9.17) is 15.6 Å². The number of nitrogens with zero attached hydrogens (tertiary/aromatic N) is 3. The molecule has 0 bridgehead atoms. The average Bonchev–Trinajstić information content (AvgIpc) is 2.71. The first-order chi connectivity index (χ1) is 8.99. The maximum absolute atomic E-state index is 11.1. The lowest BCUT2D eigenvalue weighted by atomic mass is 10.1. The second kappa shape index (κ2) is 5.68. The van der Waals surface area contributed by atoms with E-state index in [1.165, 1.54) is 6.20 Å². The summed E-state index contributed by atoms with van der Waals surface area (Å²) in [6.45, 7) is 4.56. The first-order valence-corrected chi connectivity index (χ1v) is 6.32. The van der Waals surface area contributed by atoms with E-state index in [2.05, 4.69) is 10.00 Å². The van der Waals surface area contributed by atoms with E-state index in [0.717, 1.165) is 6.54 Å². The van der Waals surface area contributed by atoms with Crippen LogP contribution in [-0.2, 0) is 18.3 Å². The molecule has 19 heavy (non-hydrogen) atoms. The van der Waals surface area contributed by atoms with Crippen molar-refractivity contribution in [3.8, 4) is 0 Å². The third-order valence-corrected chi connectivity index (χ3v) is 3.43. The summed E-state index contributed by atoms with van der Waals surface area (Å²) >= 11 is 0. The Morgan fingerprint density at radius 3 is 3.11 bits per heavy atom. The van der Waals surface area contributed by atoms with Gasteiger partial charge >= 0.3 is 5.97 Å². The van der Waals surface area contributed by atoms with Gasteiger partial charge in [-0.25, -0.2) is 4.79 Å². The van der Waals surface area contributed by atoms with Gasteiger partial charge in [0.05, 0.1) is 24.6 Å². The van der Waals surface area contributed by atoms with Gasteiger partial charge in [0.25, 0.3) is 0 Å². The number of carbonyl (C=O) groups is 1. The Kier molecular flexibility index (Phi) is 4.18. The molecule has 1 aromatic heterocycles. The predicted molar refractivity (Wildman–Crippen MR) is 68.8 cm³/mol. The van der Waals surface area contributed by atoms with Gasteiger partial charge in [-0.1, -0.05) is 0 Å². The lowest BCUT2D eigenvalue weighted by molar-refractivity contribution is -0.0410. The van der Waals surface area contributed by atoms with Crippen molar-refractivity contribution in [3.63, 3.8) is 0 Å². The lowest BCUT2D eigenvalue weighted by Gasteiger charge is -2.34. The monoisotopic (exact) mass is 268 g/mol. The topological polar surface area (TPSA) is 93.6 Å². The minimum atomic E-state index is -0.944. The fraction of sp³-hybridized carbons (Fsp3) is 0.667. The molecule has 0 spiro atoms. The van der Waals surface area contributed by atoms with Gasteiger partial charge in [-0.05, 0) is 6.92 Å². The van der Waals surface area contributed by atoms with Gasteiger partial charge < -0.3 is 15.6 Å². The van der Waals surface area contributed by atoms with Crippen LogP contribution in [0.25, 0.3) is 0 Å². The molecule has 7 heteroatoms. The second-order valence-corrected chi connectivity index (χ2v) is 4.94. The molecule has 1 aromatic rings. The molecule has 0 saturated carbocycles. The summed E-state index contributed by atoms with van der Waals surface area (Å²) in [4.78, 5) is 13.3. The van der Waals surface area contributed by atoms with Gasteiger partial charge in [0.2, 0.25) is 0 Å². The van der Waals surface area contributed by atoms with Crippen LogP contribution in [0.3, 0.4) is 0 Å². The van der Waals surface area contributed by atoms with Crippen molar-refractivity contribution in [3.05, 3.63) is 17.5 Å². The van der Waals surface area contributed by atoms with Crippen LogP contribution in [0.15, 0.2) is 6.20 Å². The third kappa shape index (κ3) is 3.12. The molecule has 0 radical (unpaired) electrons. The zero-order chi connectivity index (χ0) is 14.0. The lowest BCUT2D eigenvalue weighted by Crippen LogP contribution is -2.49. The zero-order valence-corrected chi connectivity index (χ0v) is 11.2. The summed E-state index contributed by atoms with van der Waals surface area (Å²) in [6.07, 6.45) is 1.39. The summed E-state index contributed by atoms with van der Waals surface area (Å²) in [5.41, 5.74) is 6.81. The Morgan fingerprint density at radius 2 is 2.47 bits per heavy atom. The Bertz CT molecular complexity index is 458. The highest BCUT2D eigenvalue weighted by molar-refractivity contribution is 5.88. The molecule has 0 aliphatic carbocycles. The van der Waals surface area contributed by atoms with Gasteiger partial charge in [-0.15, -0.1) is 0 Å². The number of carboxylic acids is 1. The third-order valence-electron chi connectivity index (χ3n) is 3.43. The second-order valence-electron chi connectivity index (χ2n) is 4.94. The van der Waals surface area contributed by atoms with Crippen LogP contribution in [0, 0.1) is 0 Å². The fourth-order valence-corrected chi connectivity index (χ4v) is 2.23. The van der Waals surface area contributed by atoms with Crippen molar-refractivity contribution >= 4 is 5.97 Å². The molecule has 2 heterocycles. The zero-order valence-electron chi connectivity index (χ0n) is 11.2. The molecular weight excluding hydrogens is 248 g/mol. The smallest absolute Gasteiger partial charge is 0.339 e. The van der Waals surface area contributed by atoms with Crippen LogP contribution < -0.4 is 5.73 Å². The Labute approximate surface area is 111 Å². The summed E-state index contributed by atoms with van der Waals surface area (Å²) in [5, 5.41) is 13.1. The predicted octanol–water partition coefficient (Wildman–Crippen LogP) is -0.334. The van der Waals surface area contributed by atoms with E-state index in [0.29, 0.717) is 25.4 Å². The Balaban J connectivity index is 2.08. The molecule has 2 atom stereocenters. The minimum Gasteiger partial charge on any atom is -0.478 e. The molecule has 1 saturated heterocycles. The number of morpholine rings is 1. The Hall–Kier alpha value is -1.44. The highest BCUT2D eigenvalue weighted by Crippen LogP contribution is 2.15. The molecular formula is C12H20N4O3. The van der Waals surface area contributed by atoms with Crippen molar-refractivity contribution < 1.29 is 14.6 Å². The van der Waals surface area contributed by atoms with E-state index in [-0.39, 0.29) is 17.7 Å². The van der Waals surface area contributed by atoms with Crippen molar-refractivity contribution in [2.45, 2.75) is 25.6 Å². The van der Waals surface area contributed by atoms with E-state index in [1.54, 1.807) is 11.7 Å². The van der Waals surface area contributed by atoms with Crippen LogP contribution in [-0.4, -0.2) is 57.6 Å². The SMILES string of the molecule is CC(N)C1CN(Cc2c(C(=O)O)cnn2C)CCO1. The molecule has 1 fully saturated rings. The highest BCUT2D eigenvalue weighted by Gasteiger charge is 2.25. The molecule has 1 aliphatic rings. The molecule has 7 nitrogen and oxygen atoms in total. The first-order valence-electron chi connectivity index (χ1n) is 6.32. The highest BCUT2D eigenvalue weighted by atomic mass is 16.5. The number of ether oxygens (including phenoxy) is 1. The standard InChI is InChI=1S/C12H20N4O3/c1-8(13)11-7-16(3-4-19-11)6-10-9(12(17)18)5-14-15(10)2/h5,8,11H,3-4,6-7,13H2,1-2H3,(H,17,18).